The Balaban J connectivity index is 2.29. The molecule has 2 rings (SSSR count). The third-order valence-corrected chi connectivity index (χ3v) is 2.83. The monoisotopic (exact) mass is 219 g/mol. The lowest BCUT2D eigenvalue weighted by Gasteiger charge is -2.06. The third kappa shape index (κ3) is 2.03. The van der Waals surface area contributed by atoms with Gasteiger partial charge < -0.3 is 9.84 Å². The predicted octanol–water partition coefficient (Wildman–Crippen LogP) is 2.50. The molecule has 0 fully saturated rings. The van der Waals surface area contributed by atoms with Crippen molar-refractivity contribution in [2.75, 3.05) is 6.61 Å². The number of aromatic hydroxyl groups is 1. The van der Waals surface area contributed by atoms with Gasteiger partial charge in [-0.15, -0.1) is 0 Å². The van der Waals surface area contributed by atoms with E-state index < -0.39 is 0 Å². The van der Waals surface area contributed by atoms with Crippen molar-refractivity contribution in [1.82, 2.24) is 0 Å². The molecule has 0 spiro atoms. The third-order valence-electron chi connectivity index (χ3n) is 2.83. The molecule has 1 aromatic carbocycles. The molecule has 1 aliphatic rings. The molecule has 0 saturated carbocycles. The van der Waals surface area contributed by atoms with Crippen LogP contribution in [0.1, 0.15) is 25.0 Å². The van der Waals surface area contributed by atoms with Crippen molar-refractivity contribution in [2.24, 2.45) is 10.9 Å². The van der Waals surface area contributed by atoms with E-state index in [0.29, 0.717) is 24.0 Å². The van der Waals surface area contributed by atoms with Gasteiger partial charge in [-0.3, -0.25) is 0 Å². The lowest BCUT2D eigenvalue weighted by molar-refractivity contribution is 0.291. The van der Waals surface area contributed by atoms with Crippen LogP contribution in [0.2, 0.25) is 0 Å². The first-order valence-corrected chi connectivity index (χ1v) is 5.58. The van der Waals surface area contributed by atoms with E-state index in [1.807, 2.05) is 19.1 Å². The minimum absolute atomic E-state index is 0.204. The summed E-state index contributed by atoms with van der Waals surface area (Å²) >= 11 is 0. The number of aryl methyl sites for hydroxylation is 1. The van der Waals surface area contributed by atoms with Crippen LogP contribution in [0.25, 0.3) is 0 Å². The zero-order valence-corrected chi connectivity index (χ0v) is 9.90. The van der Waals surface area contributed by atoms with Crippen LogP contribution in [0.4, 0.5) is 0 Å². The Bertz CT molecular complexity index is 424. The molecule has 0 bridgehead atoms. The molecule has 3 heteroatoms. The average Bonchev–Trinajstić information content (AvgIpc) is 2.66. The molecule has 16 heavy (non-hydrogen) atoms. The molecule has 0 amide bonds. The van der Waals surface area contributed by atoms with Gasteiger partial charge >= 0.3 is 0 Å². The molecule has 1 heterocycles. The van der Waals surface area contributed by atoms with Crippen LogP contribution in [0.5, 0.6) is 5.75 Å². The molecular formula is C13H17NO2. The highest BCUT2D eigenvalue weighted by molar-refractivity contribution is 5.97. The van der Waals surface area contributed by atoms with E-state index >= 15 is 0 Å². The van der Waals surface area contributed by atoms with E-state index in [9.17, 15) is 5.11 Å². The summed E-state index contributed by atoms with van der Waals surface area (Å²) in [5.74, 6) is 1.27. The number of aliphatic imine (C=N–C) groups is 1. The molecule has 1 aliphatic heterocycles. The van der Waals surface area contributed by atoms with Crippen LogP contribution in [0.3, 0.4) is 0 Å². The Morgan fingerprint density at radius 2 is 2.19 bits per heavy atom. The van der Waals surface area contributed by atoms with Gasteiger partial charge in [0.15, 0.2) is 0 Å². The molecular weight excluding hydrogens is 202 g/mol. The molecule has 1 N–H and O–H groups in total. The number of phenols is 1. The zero-order chi connectivity index (χ0) is 11.7. The van der Waals surface area contributed by atoms with Crippen molar-refractivity contribution in [3.05, 3.63) is 29.3 Å². The maximum atomic E-state index is 9.82. The number of ether oxygens (including phenoxy) is 1. The maximum Gasteiger partial charge on any atom is 0.220 e. The van der Waals surface area contributed by atoms with Crippen molar-refractivity contribution < 1.29 is 9.84 Å². The summed E-state index contributed by atoms with van der Waals surface area (Å²) in [5.41, 5.74) is 1.72. The van der Waals surface area contributed by atoms with E-state index in [1.165, 1.54) is 0 Å². The van der Waals surface area contributed by atoms with Crippen LogP contribution in [-0.4, -0.2) is 23.7 Å². The van der Waals surface area contributed by atoms with E-state index in [-0.39, 0.29) is 11.8 Å². The number of nitrogens with zero attached hydrogens (tertiary/aromatic N) is 1. The summed E-state index contributed by atoms with van der Waals surface area (Å²) in [7, 11) is 0. The van der Waals surface area contributed by atoms with E-state index in [1.54, 1.807) is 6.07 Å². The second-order valence-electron chi connectivity index (χ2n) is 4.58. The van der Waals surface area contributed by atoms with Crippen molar-refractivity contribution in [1.29, 1.82) is 0 Å². The number of phenolic OH excluding ortho intramolecular Hbond substituents is 1. The fourth-order valence-corrected chi connectivity index (χ4v) is 1.70. The second-order valence-corrected chi connectivity index (χ2v) is 4.58. The van der Waals surface area contributed by atoms with Crippen LogP contribution >= 0.6 is 0 Å². The van der Waals surface area contributed by atoms with Gasteiger partial charge in [0.1, 0.15) is 12.4 Å². The minimum Gasteiger partial charge on any atom is -0.507 e. The Morgan fingerprint density at radius 3 is 2.75 bits per heavy atom. The Hall–Kier alpha value is -1.51. The predicted molar refractivity (Wildman–Crippen MR) is 64.0 cm³/mol. The van der Waals surface area contributed by atoms with Crippen molar-refractivity contribution >= 4 is 5.90 Å². The van der Waals surface area contributed by atoms with Crippen molar-refractivity contribution in [3.8, 4) is 5.75 Å². The number of benzene rings is 1. The normalized spacial score (nSPS) is 19.8. The molecule has 0 aromatic heterocycles. The topological polar surface area (TPSA) is 41.8 Å². The van der Waals surface area contributed by atoms with Gasteiger partial charge in [0, 0.05) is 0 Å². The standard InChI is InChI=1S/C13H17NO2/c1-8(2)11-7-16-13(14-11)10-5-4-9(3)6-12(10)15/h4-6,8,11,15H,7H2,1-3H3/t11-/m1/s1. The van der Waals surface area contributed by atoms with Gasteiger partial charge in [-0.2, -0.15) is 0 Å². The highest BCUT2D eigenvalue weighted by Crippen LogP contribution is 2.24. The van der Waals surface area contributed by atoms with E-state index in [2.05, 4.69) is 18.8 Å². The number of hydrogen-bond acceptors (Lipinski definition) is 3. The first-order valence-electron chi connectivity index (χ1n) is 5.58. The van der Waals surface area contributed by atoms with Gasteiger partial charge in [-0.1, -0.05) is 19.9 Å². The van der Waals surface area contributed by atoms with Crippen LogP contribution < -0.4 is 0 Å². The summed E-state index contributed by atoms with van der Waals surface area (Å²) < 4.78 is 5.52. The average molecular weight is 219 g/mol. The summed E-state index contributed by atoms with van der Waals surface area (Å²) in [6.45, 7) is 6.79. The van der Waals surface area contributed by atoms with Crippen LogP contribution in [-0.2, 0) is 4.74 Å². The molecule has 0 unspecified atom stereocenters. The molecule has 0 aliphatic carbocycles. The van der Waals surface area contributed by atoms with Gasteiger partial charge in [0.25, 0.3) is 0 Å². The van der Waals surface area contributed by atoms with E-state index in [0.717, 1.165) is 5.56 Å². The van der Waals surface area contributed by atoms with Gasteiger partial charge in [0.2, 0.25) is 5.90 Å². The summed E-state index contributed by atoms with van der Waals surface area (Å²) in [4.78, 5) is 4.48. The first kappa shape index (κ1) is 11.0. The molecule has 1 aromatic rings. The summed E-state index contributed by atoms with van der Waals surface area (Å²) in [6.07, 6.45) is 0. The molecule has 86 valence electrons. The first-order chi connectivity index (χ1) is 7.58. The fraction of sp³-hybridized carbons (Fsp3) is 0.462. The van der Waals surface area contributed by atoms with Gasteiger partial charge in [-0.25, -0.2) is 4.99 Å². The minimum atomic E-state index is 0.204. The van der Waals surface area contributed by atoms with Gasteiger partial charge in [-0.05, 0) is 30.5 Å². The Labute approximate surface area is 95.8 Å². The number of rotatable bonds is 2. The largest absolute Gasteiger partial charge is 0.507 e. The summed E-state index contributed by atoms with van der Waals surface area (Å²) in [6, 6.07) is 5.73. The Kier molecular flexibility index (Phi) is 2.86. The highest BCUT2D eigenvalue weighted by atomic mass is 16.5. The SMILES string of the molecule is Cc1ccc(C2=N[C@@H](C(C)C)CO2)c(O)c1. The quantitative estimate of drug-likeness (QED) is 0.830. The zero-order valence-electron chi connectivity index (χ0n) is 9.90. The Morgan fingerprint density at radius 1 is 1.44 bits per heavy atom. The lowest BCUT2D eigenvalue weighted by Crippen LogP contribution is -2.13. The highest BCUT2D eigenvalue weighted by Gasteiger charge is 2.24. The molecule has 3 nitrogen and oxygen atoms in total. The van der Waals surface area contributed by atoms with Gasteiger partial charge in [0.05, 0.1) is 11.6 Å². The molecule has 1 atom stereocenters. The van der Waals surface area contributed by atoms with Crippen molar-refractivity contribution in [3.63, 3.8) is 0 Å². The van der Waals surface area contributed by atoms with Crippen molar-refractivity contribution in [2.45, 2.75) is 26.8 Å². The van der Waals surface area contributed by atoms with E-state index in [4.69, 9.17) is 4.74 Å². The number of hydrogen-bond donors (Lipinski definition) is 1. The lowest BCUT2D eigenvalue weighted by atomic mass is 10.1. The molecule has 0 radical (unpaired) electrons. The molecule has 0 saturated heterocycles. The maximum absolute atomic E-state index is 9.82. The second kappa shape index (κ2) is 4.16. The smallest absolute Gasteiger partial charge is 0.220 e. The fourth-order valence-electron chi connectivity index (χ4n) is 1.70. The van der Waals surface area contributed by atoms with Crippen LogP contribution in [0, 0.1) is 12.8 Å². The summed E-state index contributed by atoms with van der Waals surface area (Å²) in [5, 5.41) is 9.82. The van der Waals surface area contributed by atoms with Crippen LogP contribution in [0.15, 0.2) is 23.2 Å².